The first-order chi connectivity index (χ1) is 20.0. The van der Waals surface area contributed by atoms with Crippen LogP contribution < -0.4 is 10.1 Å². The molecule has 1 aliphatic heterocycles. The Morgan fingerprint density at radius 1 is 1.15 bits per heavy atom. The molecule has 0 spiro atoms. The van der Waals surface area contributed by atoms with Gasteiger partial charge in [0.05, 0.1) is 11.2 Å². The number of nitrogens with zero attached hydrogens (tertiary/aromatic N) is 7. The van der Waals surface area contributed by atoms with Crippen LogP contribution >= 0.6 is 0 Å². The Kier molecular flexibility index (Phi) is 6.06. The Balaban J connectivity index is 1.16. The van der Waals surface area contributed by atoms with E-state index in [0.717, 1.165) is 25.0 Å². The molecule has 0 bridgehead atoms. The van der Waals surface area contributed by atoms with Crippen molar-refractivity contribution in [1.82, 2.24) is 34.4 Å². The predicted molar refractivity (Wildman–Crippen MR) is 151 cm³/mol. The molecule has 2 atom stereocenters. The first-order valence-corrected chi connectivity index (χ1v) is 13.6. The number of amides is 1. The molecule has 41 heavy (non-hydrogen) atoms. The minimum Gasteiger partial charge on any atom is -0.457 e. The van der Waals surface area contributed by atoms with Gasteiger partial charge in [0.1, 0.15) is 29.7 Å². The fraction of sp³-hybridized carbons (Fsp3) is 0.267. The van der Waals surface area contributed by atoms with Crippen molar-refractivity contribution in [2.45, 2.75) is 38.1 Å². The van der Waals surface area contributed by atoms with Gasteiger partial charge in [-0.05, 0) is 68.5 Å². The zero-order valence-corrected chi connectivity index (χ0v) is 22.4. The van der Waals surface area contributed by atoms with E-state index in [0.29, 0.717) is 52.0 Å². The third-order valence-electron chi connectivity index (χ3n) is 7.96. The monoisotopic (exact) mass is 550 g/mol. The van der Waals surface area contributed by atoms with Gasteiger partial charge in [-0.2, -0.15) is 5.10 Å². The second-order valence-electron chi connectivity index (χ2n) is 10.6. The summed E-state index contributed by atoms with van der Waals surface area (Å²) >= 11 is 0. The van der Waals surface area contributed by atoms with Crippen molar-refractivity contribution in [2.75, 3.05) is 11.9 Å². The van der Waals surface area contributed by atoms with Crippen LogP contribution in [0.5, 0.6) is 11.5 Å². The summed E-state index contributed by atoms with van der Waals surface area (Å²) in [6.07, 6.45) is 9.17. The molecule has 2 unspecified atom stereocenters. The molecule has 0 radical (unpaired) electrons. The Hall–Kier alpha value is -4.93. The van der Waals surface area contributed by atoms with Crippen LogP contribution in [0.3, 0.4) is 0 Å². The van der Waals surface area contributed by atoms with E-state index in [1.807, 2.05) is 17.0 Å². The molecule has 1 amide bonds. The molecular weight excluding hydrogens is 523 g/mol. The van der Waals surface area contributed by atoms with Crippen molar-refractivity contribution in [3.63, 3.8) is 0 Å². The molecule has 2 aliphatic rings. The molecule has 11 heteroatoms. The normalized spacial score (nSPS) is 18.6. The summed E-state index contributed by atoms with van der Waals surface area (Å²) in [5, 5.41) is 7.19. The lowest BCUT2D eigenvalue weighted by Gasteiger charge is -2.22. The van der Waals surface area contributed by atoms with Crippen molar-refractivity contribution < 1.29 is 13.9 Å². The van der Waals surface area contributed by atoms with Gasteiger partial charge in [0.15, 0.2) is 17.3 Å². The summed E-state index contributed by atoms with van der Waals surface area (Å²) < 4.78 is 23.2. The van der Waals surface area contributed by atoms with E-state index in [1.165, 1.54) is 18.7 Å². The Morgan fingerprint density at radius 3 is 2.85 bits per heavy atom. The number of ether oxygens (including phenoxy) is 1. The summed E-state index contributed by atoms with van der Waals surface area (Å²) in [6.45, 7) is 5.94. The Bertz CT molecular complexity index is 1820. The summed E-state index contributed by atoms with van der Waals surface area (Å²) in [6, 6.07) is 10.9. The summed E-state index contributed by atoms with van der Waals surface area (Å²) in [7, 11) is 0. The fourth-order valence-electron chi connectivity index (χ4n) is 5.64. The fourth-order valence-corrected chi connectivity index (χ4v) is 5.64. The smallest absolute Gasteiger partial charge is 0.246 e. The highest BCUT2D eigenvalue weighted by Gasteiger charge is 2.44. The predicted octanol–water partition coefficient (Wildman–Crippen LogP) is 5.33. The largest absolute Gasteiger partial charge is 0.457 e. The van der Waals surface area contributed by atoms with Gasteiger partial charge in [-0.15, -0.1) is 0 Å². The van der Waals surface area contributed by atoms with Gasteiger partial charge in [-0.25, -0.2) is 28.8 Å². The highest BCUT2D eigenvalue weighted by atomic mass is 19.1. The lowest BCUT2D eigenvalue weighted by atomic mass is 9.99. The maximum atomic E-state index is 15.6. The van der Waals surface area contributed by atoms with Crippen LogP contribution in [0.25, 0.3) is 16.7 Å². The van der Waals surface area contributed by atoms with Gasteiger partial charge in [-0.3, -0.25) is 4.79 Å². The minimum absolute atomic E-state index is 0.0340. The maximum Gasteiger partial charge on any atom is 0.246 e. The molecule has 1 aliphatic carbocycles. The molecule has 5 aromatic rings. The summed E-state index contributed by atoms with van der Waals surface area (Å²) in [5.74, 6) is 1.45. The van der Waals surface area contributed by atoms with E-state index in [2.05, 4.69) is 31.9 Å². The second-order valence-corrected chi connectivity index (χ2v) is 10.6. The number of carbonyl (C=O) groups is 1. The lowest BCUT2D eigenvalue weighted by Crippen LogP contribution is -2.35. The van der Waals surface area contributed by atoms with Crippen LogP contribution in [0.4, 0.5) is 15.9 Å². The van der Waals surface area contributed by atoms with Gasteiger partial charge >= 0.3 is 0 Å². The first kappa shape index (κ1) is 25.1. The first-order valence-electron chi connectivity index (χ1n) is 13.6. The van der Waals surface area contributed by atoms with Gasteiger partial charge in [0.2, 0.25) is 5.91 Å². The number of rotatable bonds is 7. The SMILES string of the molecule is C=CC(=O)N1CC(c2ccc3ncnc(Nc4ccc(Oc5ccn6ncnc6c5)c(C)c4F)c3n2)CC1C1CC1. The lowest BCUT2D eigenvalue weighted by molar-refractivity contribution is -0.127. The molecule has 206 valence electrons. The minimum atomic E-state index is -0.462. The van der Waals surface area contributed by atoms with Crippen LogP contribution in [0, 0.1) is 18.7 Å². The molecule has 1 saturated carbocycles. The van der Waals surface area contributed by atoms with E-state index < -0.39 is 5.82 Å². The van der Waals surface area contributed by atoms with Crippen molar-refractivity contribution in [1.29, 1.82) is 0 Å². The number of nitrogens with one attached hydrogen (secondary N) is 1. The average Bonchev–Trinajstić information content (AvgIpc) is 3.56. The van der Waals surface area contributed by atoms with Gasteiger partial charge in [-0.1, -0.05) is 6.58 Å². The number of halogens is 1. The number of likely N-dealkylation sites (tertiary alicyclic amines) is 1. The molecule has 1 N–H and O–H groups in total. The summed E-state index contributed by atoms with van der Waals surface area (Å²) in [4.78, 5) is 32.3. The molecule has 5 heterocycles. The second kappa shape index (κ2) is 9.92. The molecule has 4 aromatic heterocycles. The highest BCUT2D eigenvalue weighted by molar-refractivity contribution is 5.88. The maximum absolute atomic E-state index is 15.6. The number of benzene rings is 1. The number of carbonyl (C=O) groups excluding carboxylic acids is 1. The van der Waals surface area contributed by atoms with Crippen molar-refractivity contribution in [3.8, 4) is 11.5 Å². The zero-order chi connectivity index (χ0) is 28.1. The van der Waals surface area contributed by atoms with E-state index >= 15 is 4.39 Å². The van der Waals surface area contributed by atoms with Crippen LogP contribution in [0.15, 0.2) is 67.9 Å². The topological polar surface area (TPSA) is 110 Å². The van der Waals surface area contributed by atoms with Gasteiger partial charge < -0.3 is 15.0 Å². The van der Waals surface area contributed by atoms with E-state index in [1.54, 1.807) is 41.9 Å². The van der Waals surface area contributed by atoms with Crippen molar-refractivity contribution in [3.05, 3.63) is 85.0 Å². The van der Waals surface area contributed by atoms with E-state index in [-0.39, 0.29) is 23.6 Å². The third kappa shape index (κ3) is 4.62. The number of hydrogen-bond donors (Lipinski definition) is 1. The number of hydrogen-bond acceptors (Lipinski definition) is 8. The zero-order valence-electron chi connectivity index (χ0n) is 22.4. The molecular formula is C30H27FN8O2. The molecule has 2 fully saturated rings. The van der Waals surface area contributed by atoms with E-state index in [9.17, 15) is 4.79 Å². The average molecular weight is 551 g/mol. The molecule has 10 nitrogen and oxygen atoms in total. The van der Waals surface area contributed by atoms with Crippen LogP contribution in [0.1, 0.15) is 36.4 Å². The van der Waals surface area contributed by atoms with Crippen LogP contribution in [0.2, 0.25) is 0 Å². The number of aromatic nitrogens is 6. The third-order valence-corrected chi connectivity index (χ3v) is 7.96. The molecule has 7 rings (SSSR count). The van der Waals surface area contributed by atoms with Gasteiger partial charge in [0, 0.05) is 42.0 Å². The van der Waals surface area contributed by atoms with Crippen molar-refractivity contribution >= 4 is 34.1 Å². The van der Waals surface area contributed by atoms with E-state index in [4.69, 9.17) is 9.72 Å². The molecule has 1 aromatic carbocycles. The quantitative estimate of drug-likeness (QED) is 0.271. The number of fused-ring (bicyclic) bond motifs is 2. The Morgan fingerprint density at radius 2 is 2.02 bits per heavy atom. The summed E-state index contributed by atoms with van der Waals surface area (Å²) in [5.41, 5.74) is 3.26. The molecule has 1 saturated heterocycles. The Labute approximate surface area is 234 Å². The van der Waals surface area contributed by atoms with Crippen LogP contribution in [-0.4, -0.2) is 52.9 Å². The number of anilines is 2. The standard InChI is InChI=1S/C30H27FN8O2/c1-3-27(40)38-14-19(12-24(38)18-4-5-18)21-6-7-23-29(36-21)30(34-15-32-23)37-22-8-9-25(17(2)28(22)31)41-20-10-11-39-26(13-20)33-16-35-39/h3,6-11,13,15-16,18-19,24H,1,4-5,12,14H2,2H3,(H,32,34,37). The number of pyridine rings is 2. The van der Waals surface area contributed by atoms with Gasteiger partial charge in [0.25, 0.3) is 0 Å². The van der Waals surface area contributed by atoms with Crippen molar-refractivity contribution in [2.24, 2.45) is 5.92 Å². The van der Waals surface area contributed by atoms with Crippen LogP contribution in [-0.2, 0) is 4.79 Å². The highest BCUT2D eigenvalue weighted by Crippen LogP contribution is 2.44.